The number of nitrogens with zero attached hydrogens (tertiary/aromatic N) is 1. The van der Waals surface area contributed by atoms with Crippen molar-refractivity contribution in [2.45, 2.75) is 19.8 Å². The number of halogens is 2. The lowest BCUT2D eigenvalue weighted by Crippen LogP contribution is -2.11. The van der Waals surface area contributed by atoms with E-state index in [1.54, 1.807) is 6.20 Å². The molecule has 0 aromatic carbocycles. The van der Waals surface area contributed by atoms with Crippen LogP contribution in [0.25, 0.3) is 0 Å². The standard InChI is InChI=1S/C10H12BrClN2O/c1-7-5-8(6-13-10(7)11)14-9(15)3-2-4-12/h5-6H,2-4H2,1H3,(H,14,15). The van der Waals surface area contributed by atoms with Gasteiger partial charge in [-0.3, -0.25) is 4.79 Å². The number of hydrogen-bond donors (Lipinski definition) is 1. The van der Waals surface area contributed by atoms with Crippen LogP contribution in [0.1, 0.15) is 18.4 Å². The number of aromatic nitrogens is 1. The maximum atomic E-state index is 11.4. The minimum absolute atomic E-state index is 0.0285. The average Bonchev–Trinajstić information content (AvgIpc) is 2.20. The Bertz CT molecular complexity index is 357. The third-order valence-corrected chi connectivity index (χ3v) is 2.93. The molecule has 0 saturated carbocycles. The molecule has 0 spiro atoms. The molecule has 1 heterocycles. The molecule has 0 radical (unpaired) electrons. The zero-order valence-corrected chi connectivity index (χ0v) is 10.7. The second kappa shape index (κ2) is 6.08. The Labute approximate surface area is 102 Å². The van der Waals surface area contributed by atoms with Gasteiger partial charge in [-0.2, -0.15) is 0 Å². The fourth-order valence-corrected chi connectivity index (χ4v) is 1.43. The van der Waals surface area contributed by atoms with Crippen LogP contribution in [0.5, 0.6) is 0 Å². The van der Waals surface area contributed by atoms with Crippen LogP contribution in [0.3, 0.4) is 0 Å². The van der Waals surface area contributed by atoms with Crippen molar-refractivity contribution in [1.29, 1.82) is 0 Å². The number of nitrogens with one attached hydrogen (secondary N) is 1. The summed E-state index contributed by atoms with van der Waals surface area (Å²) in [6, 6.07) is 1.87. The lowest BCUT2D eigenvalue weighted by molar-refractivity contribution is -0.116. The van der Waals surface area contributed by atoms with Gasteiger partial charge in [0, 0.05) is 12.3 Å². The Morgan fingerprint density at radius 2 is 2.40 bits per heavy atom. The highest BCUT2D eigenvalue weighted by molar-refractivity contribution is 9.10. The number of alkyl halides is 1. The van der Waals surface area contributed by atoms with Crippen molar-refractivity contribution in [2.24, 2.45) is 0 Å². The Kier molecular flexibility index (Phi) is 5.05. The minimum Gasteiger partial charge on any atom is -0.325 e. The van der Waals surface area contributed by atoms with Crippen LogP contribution in [0.4, 0.5) is 5.69 Å². The van der Waals surface area contributed by atoms with Gasteiger partial charge in [-0.05, 0) is 40.9 Å². The molecule has 0 bridgehead atoms. The summed E-state index contributed by atoms with van der Waals surface area (Å²) in [6.45, 7) is 1.92. The summed E-state index contributed by atoms with van der Waals surface area (Å²) < 4.78 is 0.793. The molecule has 1 N–H and O–H groups in total. The van der Waals surface area contributed by atoms with Gasteiger partial charge in [0.25, 0.3) is 0 Å². The van der Waals surface area contributed by atoms with Gasteiger partial charge in [-0.25, -0.2) is 4.98 Å². The summed E-state index contributed by atoms with van der Waals surface area (Å²) in [7, 11) is 0. The minimum atomic E-state index is -0.0285. The van der Waals surface area contributed by atoms with Crippen molar-refractivity contribution in [3.63, 3.8) is 0 Å². The molecule has 0 saturated heterocycles. The topological polar surface area (TPSA) is 42.0 Å². The van der Waals surface area contributed by atoms with E-state index in [1.807, 2.05) is 13.0 Å². The van der Waals surface area contributed by atoms with Crippen molar-refractivity contribution in [1.82, 2.24) is 4.98 Å². The van der Waals surface area contributed by atoms with Gasteiger partial charge >= 0.3 is 0 Å². The van der Waals surface area contributed by atoms with Crippen LogP contribution >= 0.6 is 27.5 Å². The normalized spacial score (nSPS) is 10.1. The first kappa shape index (κ1) is 12.5. The molecule has 3 nitrogen and oxygen atoms in total. The summed E-state index contributed by atoms with van der Waals surface area (Å²) in [5.41, 5.74) is 1.71. The van der Waals surface area contributed by atoms with Gasteiger partial charge in [-0.15, -0.1) is 11.6 Å². The molecule has 15 heavy (non-hydrogen) atoms. The van der Waals surface area contributed by atoms with E-state index < -0.39 is 0 Å². The molecule has 0 aliphatic carbocycles. The van der Waals surface area contributed by atoms with Crippen LogP contribution in [-0.4, -0.2) is 16.8 Å². The SMILES string of the molecule is Cc1cc(NC(=O)CCCCl)cnc1Br. The molecule has 1 aromatic rings. The zero-order valence-electron chi connectivity index (χ0n) is 8.39. The van der Waals surface area contributed by atoms with E-state index in [-0.39, 0.29) is 5.91 Å². The maximum absolute atomic E-state index is 11.4. The second-order valence-electron chi connectivity index (χ2n) is 3.17. The van der Waals surface area contributed by atoms with Crippen molar-refractivity contribution >= 4 is 39.1 Å². The first-order valence-electron chi connectivity index (χ1n) is 4.61. The molecule has 0 atom stereocenters. The van der Waals surface area contributed by atoms with Gasteiger partial charge in [0.1, 0.15) is 4.60 Å². The van der Waals surface area contributed by atoms with Crippen molar-refractivity contribution in [2.75, 3.05) is 11.2 Å². The predicted molar refractivity (Wildman–Crippen MR) is 65.3 cm³/mol. The van der Waals surface area contributed by atoms with Crippen LogP contribution in [0, 0.1) is 6.92 Å². The maximum Gasteiger partial charge on any atom is 0.224 e. The predicted octanol–water partition coefficient (Wildman–Crippen LogP) is 3.11. The molecule has 5 heteroatoms. The van der Waals surface area contributed by atoms with E-state index in [2.05, 4.69) is 26.2 Å². The van der Waals surface area contributed by atoms with Gasteiger partial charge in [0.15, 0.2) is 0 Å². The van der Waals surface area contributed by atoms with E-state index in [1.165, 1.54) is 0 Å². The summed E-state index contributed by atoms with van der Waals surface area (Å²) in [4.78, 5) is 15.4. The van der Waals surface area contributed by atoms with Gasteiger partial charge in [0.2, 0.25) is 5.91 Å². The monoisotopic (exact) mass is 290 g/mol. The summed E-state index contributed by atoms with van der Waals surface area (Å²) in [5, 5.41) is 2.76. The average molecular weight is 292 g/mol. The van der Waals surface area contributed by atoms with Crippen molar-refractivity contribution in [3.05, 3.63) is 22.4 Å². The third-order valence-electron chi connectivity index (χ3n) is 1.84. The quantitative estimate of drug-likeness (QED) is 0.684. The summed E-state index contributed by atoms with van der Waals surface area (Å²) in [5.74, 6) is 0.476. The molecule has 0 aliphatic rings. The number of rotatable bonds is 4. The number of carbonyl (C=O) groups is 1. The highest BCUT2D eigenvalue weighted by atomic mass is 79.9. The number of anilines is 1. The molecule has 0 aliphatic heterocycles. The largest absolute Gasteiger partial charge is 0.325 e. The van der Waals surface area contributed by atoms with E-state index in [0.29, 0.717) is 18.7 Å². The van der Waals surface area contributed by atoms with Crippen molar-refractivity contribution < 1.29 is 4.79 Å². The lowest BCUT2D eigenvalue weighted by atomic mass is 10.2. The van der Waals surface area contributed by atoms with Crippen LogP contribution in [0.2, 0.25) is 0 Å². The van der Waals surface area contributed by atoms with Gasteiger partial charge < -0.3 is 5.32 Å². The molecule has 82 valence electrons. The smallest absolute Gasteiger partial charge is 0.224 e. The van der Waals surface area contributed by atoms with Crippen molar-refractivity contribution in [3.8, 4) is 0 Å². The molecular weight excluding hydrogens is 279 g/mol. The molecule has 1 rings (SSSR count). The highest BCUT2D eigenvalue weighted by Gasteiger charge is 2.03. The fraction of sp³-hybridized carbons (Fsp3) is 0.400. The van der Waals surface area contributed by atoms with Crippen LogP contribution < -0.4 is 5.32 Å². The van der Waals surface area contributed by atoms with E-state index in [0.717, 1.165) is 15.9 Å². The fourth-order valence-electron chi connectivity index (χ4n) is 1.08. The Morgan fingerprint density at radius 1 is 1.67 bits per heavy atom. The number of carbonyl (C=O) groups excluding carboxylic acids is 1. The first-order chi connectivity index (χ1) is 7.13. The lowest BCUT2D eigenvalue weighted by Gasteiger charge is -2.05. The third kappa shape index (κ3) is 4.18. The number of amides is 1. The Morgan fingerprint density at radius 3 is 3.00 bits per heavy atom. The number of hydrogen-bond acceptors (Lipinski definition) is 2. The highest BCUT2D eigenvalue weighted by Crippen LogP contribution is 2.16. The molecule has 0 unspecified atom stereocenters. The molecular formula is C10H12BrClN2O. The Balaban J connectivity index is 2.57. The molecule has 1 aromatic heterocycles. The molecule has 0 fully saturated rings. The second-order valence-corrected chi connectivity index (χ2v) is 4.30. The van der Waals surface area contributed by atoms with E-state index in [9.17, 15) is 4.79 Å². The Hall–Kier alpha value is -0.610. The summed E-state index contributed by atoms with van der Waals surface area (Å²) in [6.07, 6.45) is 2.75. The number of aryl methyl sites for hydroxylation is 1. The zero-order chi connectivity index (χ0) is 11.3. The van der Waals surface area contributed by atoms with Gasteiger partial charge in [-0.1, -0.05) is 0 Å². The van der Waals surface area contributed by atoms with E-state index >= 15 is 0 Å². The summed E-state index contributed by atoms with van der Waals surface area (Å²) >= 11 is 8.79. The number of pyridine rings is 1. The van der Waals surface area contributed by atoms with E-state index in [4.69, 9.17) is 11.6 Å². The molecule has 1 amide bonds. The van der Waals surface area contributed by atoms with Crippen LogP contribution in [0.15, 0.2) is 16.9 Å². The van der Waals surface area contributed by atoms with Gasteiger partial charge in [0.05, 0.1) is 11.9 Å². The van der Waals surface area contributed by atoms with Crippen LogP contribution in [-0.2, 0) is 4.79 Å². The first-order valence-corrected chi connectivity index (χ1v) is 5.94.